The van der Waals surface area contributed by atoms with Gasteiger partial charge in [0.2, 0.25) is 15.9 Å². The SMILES string of the molecule is CC(NS(=O)(=O)c1ccc(Br)cc1)C(=O)Nc1ccc(OCc2ccccc2)cc1. The van der Waals surface area contributed by atoms with E-state index in [9.17, 15) is 13.2 Å². The number of nitrogens with one attached hydrogen (secondary N) is 2. The van der Waals surface area contributed by atoms with Gasteiger partial charge in [0.05, 0.1) is 10.9 Å². The molecule has 3 rings (SSSR count). The van der Waals surface area contributed by atoms with Gasteiger partial charge in [-0.15, -0.1) is 0 Å². The molecule has 0 aliphatic carbocycles. The van der Waals surface area contributed by atoms with Crippen LogP contribution in [0.5, 0.6) is 5.75 Å². The third kappa shape index (κ3) is 6.16. The molecular weight excluding hydrogens is 468 g/mol. The third-order valence-corrected chi connectivity index (χ3v) is 6.30. The van der Waals surface area contributed by atoms with E-state index in [1.165, 1.54) is 19.1 Å². The van der Waals surface area contributed by atoms with Crippen LogP contribution in [0.15, 0.2) is 88.2 Å². The second-order valence-electron chi connectivity index (χ2n) is 6.58. The lowest BCUT2D eigenvalue weighted by Crippen LogP contribution is -2.41. The summed E-state index contributed by atoms with van der Waals surface area (Å²) in [6.45, 7) is 1.94. The highest BCUT2D eigenvalue weighted by Gasteiger charge is 2.22. The Morgan fingerprint density at radius 2 is 1.60 bits per heavy atom. The van der Waals surface area contributed by atoms with Crippen LogP contribution in [-0.2, 0) is 21.4 Å². The molecule has 0 bridgehead atoms. The molecule has 0 spiro atoms. The van der Waals surface area contributed by atoms with Gasteiger partial charge in [-0.25, -0.2) is 8.42 Å². The highest BCUT2D eigenvalue weighted by atomic mass is 79.9. The van der Waals surface area contributed by atoms with Crippen LogP contribution in [0.4, 0.5) is 5.69 Å². The van der Waals surface area contributed by atoms with Gasteiger partial charge in [-0.1, -0.05) is 46.3 Å². The number of amides is 1. The van der Waals surface area contributed by atoms with Crippen LogP contribution in [0.3, 0.4) is 0 Å². The first kappa shape index (κ1) is 22.0. The lowest BCUT2D eigenvalue weighted by molar-refractivity contribution is -0.117. The average Bonchev–Trinajstić information content (AvgIpc) is 2.74. The Balaban J connectivity index is 1.55. The largest absolute Gasteiger partial charge is 0.489 e. The number of benzene rings is 3. The fourth-order valence-electron chi connectivity index (χ4n) is 2.59. The van der Waals surface area contributed by atoms with E-state index < -0.39 is 22.0 Å². The van der Waals surface area contributed by atoms with Crippen molar-refractivity contribution in [2.24, 2.45) is 0 Å². The summed E-state index contributed by atoms with van der Waals surface area (Å²) in [6, 6.07) is 21.9. The average molecular weight is 489 g/mol. The molecule has 6 nitrogen and oxygen atoms in total. The maximum Gasteiger partial charge on any atom is 0.242 e. The monoisotopic (exact) mass is 488 g/mol. The number of sulfonamides is 1. The Morgan fingerprint density at radius 3 is 2.23 bits per heavy atom. The van der Waals surface area contributed by atoms with Crippen molar-refractivity contribution in [3.63, 3.8) is 0 Å². The highest BCUT2D eigenvalue weighted by molar-refractivity contribution is 9.10. The van der Waals surface area contributed by atoms with Crippen molar-refractivity contribution in [2.45, 2.75) is 24.5 Å². The molecule has 1 unspecified atom stereocenters. The molecule has 0 aromatic heterocycles. The van der Waals surface area contributed by atoms with Gasteiger partial charge in [-0.2, -0.15) is 4.72 Å². The summed E-state index contributed by atoms with van der Waals surface area (Å²) in [5.74, 6) is 0.203. The summed E-state index contributed by atoms with van der Waals surface area (Å²) < 4.78 is 33.7. The molecule has 0 fully saturated rings. The molecule has 1 atom stereocenters. The quantitative estimate of drug-likeness (QED) is 0.493. The Labute approximate surface area is 184 Å². The number of anilines is 1. The zero-order chi connectivity index (χ0) is 21.6. The van der Waals surface area contributed by atoms with Crippen LogP contribution >= 0.6 is 15.9 Å². The zero-order valence-electron chi connectivity index (χ0n) is 16.2. The normalized spacial score (nSPS) is 12.2. The first-order valence-electron chi connectivity index (χ1n) is 9.19. The number of carbonyl (C=O) groups is 1. The number of halogens is 1. The van der Waals surface area contributed by atoms with Crippen molar-refractivity contribution in [3.8, 4) is 5.75 Å². The molecular formula is C22H21BrN2O4S. The predicted molar refractivity (Wildman–Crippen MR) is 120 cm³/mol. The van der Waals surface area contributed by atoms with Crippen molar-refractivity contribution in [1.29, 1.82) is 0 Å². The molecule has 30 heavy (non-hydrogen) atoms. The summed E-state index contributed by atoms with van der Waals surface area (Å²) in [5.41, 5.74) is 1.60. The second kappa shape index (κ2) is 9.88. The molecule has 3 aromatic carbocycles. The van der Waals surface area contributed by atoms with Crippen molar-refractivity contribution in [3.05, 3.63) is 88.9 Å². The molecule has 0 heterocycles. The Morgan fingerprint density at radius 1 is 0.967 bits per heavy atom. The molecule has 0 saturated heterocycles. The number of ether oxygens (including phenoxy) is 1. The van der Waals surface area contributed by atoms with Crippen molar-refractivity contribution in [2.75, 3.05) is 5.32 Å². The van der Waals surface area contributed by atoms with E-state index in [2.05, 4.69) is 26.0 Å². The van der Waals surface area contributed by atoms with Crippen LogP contribution in [-0.4, -0.2) is 20.4 Å². The van der Waals surface area contributed by atoms with E-state index in [1.54, 1.807) is 36.4 Å². The van der Waals surface area contributed by atoms with Gasteiger partial charge in [0.15, 0.2) is 0 Å². The topological polar surface area (TPSA) is 84.5 Å². The van der Waals surface area contributed by atoms with Crippen LogP contribution in [0.1, 0.15) is 12.5 Å². The Hall–Kier alpha value is -2.68. The number of carbonyl (C=O) groups excluding carboxylic acids is 1. The molecule has 0 radical (unpaired) electrons. The Bertz CT molecular complexity index is 1090. The molecule has 0 aliphatic heterocycles. The third-order valence-electron chi connectivity index (χ3n) is 4.22. The van der Waals surface area contributed by atoms with Crippen molar-refractivity contribution in [1.82, 2.24) is 4.72 Å². The minimum Gasteiger partial charge on any atom is -0.489 e. The Kier molecular flexibility index (Phi) is 7.25. The standard InChI is InChI=1S/C22H21BrN2O4S/c1-16(25-30(27,28)21-13-7-18(23)8-14-21)22(26)24-19-9-11-20(12-10-19)29-15-17-5-3-2-4-6-17/h2-14,16,25H,15H2,1H3,(H,24,26). The first-order valence-corrected chi connectivity index (χ1v) is 11.5. The fraction of sp³-hybridized carbons (Fsp3) is 0.136. The highest BCUT2D eigenvalue weighted by Crippen LogP contribution is 2.18. The van der Waals surface area contributed by atoms with E-state index in [0.717, 1.165) is 10.0 Å². The lowest BCUT2D eigenvalue weighted by atomic mass is 10.2. The van der Waals surface area contributed by atoms with Gasteiger partial charge in [-0.3, -0.25) is 4.79 Å². The van der Waals surface area contributed by atoms with E-state index in [1.807, 2.05) is 30.3 Å². The predicted octanol–water partition coefficient (Wildman–Crippen LogP) is 4.33. The summed E-state index contributed by atoms with van der Waals surface area (Å²) in [4.78, 5) is 12.5. The van der Waals surface area contributed by atoms with Crippen LogP contribution in [0.2, 0.25) is 0 Å². The van der Waals surface area contributed by atoms with Gasteiger partial charge < -0.3 is 10.1 Å². The maximum atomic E-state index is 12.4. The summed E-state index contributed by atoms with van der Waals surface area (Å²) >= 11 is 3.26. The molecule has 156 valence electrons. The van der Waals surface area contributed by atoms with E-state index >= 15 is 0 Å². The maximum absolute atomic E-state index is 12.4. The second-order valence-corrected chi connectivity index (χ2v) is 9.21. The molecule has 0 saturated carbocycles. The van der Waals surface area contributed by atoms with Gasteiger partial charge in [0, 0.05) is 10.2 Å². The minimum absolute atomic E-state index is 0.0882. The van der Waals surface area contributed by atoms with E-state index in [4.69, 9.17) is 4.74 Å². The van der Waals surface area contributed by atoms with E-state index in [-0.39, 0.29) is 4.90 Å². The zero-order valence-corrected chi connectivity index (χ0v) is 18.6. The van der Waals surface area contributed by atoms with Crippen LogP contribution in [0, 0.1) is 0 Å². The number of hydrogen-bond donors (Lipinski definition) is 2. The molecule has 0 aliphatic rings. The lowest BCUT2D eigenvalue weighted by Gasteiger charge is -2.15. The fourth-order valence-corrected chi connectivity index (χ4v) is 4.06. The van der Waals surface area contributed by atoms with Gasteiger partial charge in [0.25, 0.3) is 0 Å². The van der Waals surface area contributed by atoms with Gasteiger partial charge in [0.1, 0.15) is 12.4 Å². The molecule has 2 N–H and O–H groups in total. The van der Waals surface area contributed by atoms with Gasteiger partial charge >= 0.3 is 0 Å². The first-order chi connectivity index (χ1) is 14.3. The summed E-state index contributed by atoms with van der Waals surface area (Å²) in [5, 5.41) is 2.70. The molecule has 8 heteroatoms. The van der Waals surface area contributed by atoms with E-state index in [0.29, 0.717) is 18.0 Å². The van der Waals surface area contributed by atoms with Crippen molar-refractivity contribution < 1.29 is 17.9 Å². The van der Waals surface area contributed by atoms with Gasteiger partial charge in [-0.05, 0) is 61.0 Å². The minimum atomic E-state index is -3.81. The van der Waals surface area contributed by atoms with Crippen molar-refractivity contribution >= 4 is 37.5 Å². The molecule has 3 aromatic rings. The smallest absolute Gasteiger partial charge is 0.242 e. The number of hydrogen-bond acceptors (Lipinski definition) is 4. The van der Waals surface area contributed by atoms with Crippen LogP contribution in [0.25, 0.3) is 0 Å². The number of rotatable bonds is 8. The summed E-state index contributed by atoms with van der Waals surface area (Å²) in [6.07, 6.45) is 0. The summed E-state index contributed by atoms with van der Waals surface area (Å²) in [7, 11) is -3.81. The molecule has 1 amide bonds. The van der Waals surface area contributed by atoms with Crippen LogP contribution < -0.4 is 14.8 Å².